The van der Waals surface area contributed by atoms with E-state index >= 15 is 0 Å². The number of rotatable bonds is 3. The van der Waals surface area contributed by atoms with Crippen LogP contribution in [0.1, 0.15) is 52.9 Å². The lowest BCUT2D eigenvalue weighted by atomic mass is 9.85. The quantitative estimate of drug-likeness (QED) is 0.837. The fourth-order valence-corrected chi connectivity index (χ4v) is 3.45. The second-order valence-corrected chi connectivity index (χ2v) is 6.07. The largest absolute Gasteiger partial charge is 0.375 e. The Hall–Kier alpha value is -0.120. The van der Waals surface area contributed by atoms with Gasteiger partial charge in [-0.3, -0.25) is 4.90 Å². The molecule has 3 nitrogen and oxygen atoms in total. The normalized spacial score (nSPS) is 34.2. The molecule has 2 heterocycles. The van der Waals surface area contributed by atoms with Crippen molar-refractivity contribution in [2.75, 3.05) is 26.2 Å². The van der Waals surface area contributed by atoms with Crippen LogP contribution in [0, 0.1) is 0 Å². The highest BCUT2D eigenvalue weighted by atomic mass is 16.5. The third-order valence-electron chi connectivity index (χ3n) is 5.01. The zero-order valence-corrected chi connectivity index (χ0v) is 12.4. The molecule has 0 aromatic carbocycles. The first-order valence-corrected chi connectivity index (χ1v) is 7.80. The molecule has 18 heavy (non-hydrogen) atoms. The van der Waals surface area contributed by atoms with E-state index in [1.54, 1.807) is 0 Å². The lowest BCUT2D eigenvalue weighted by Crippen LogP contribution is -2.49. The molecular weight excluding hydrogens is 224 g/mol. The van der Waals surface area contributed by atoms with Crippen LogP contribution in [-0.4, -0.2) is 48.8 Å². The van der Waals surface area contributed by atoms with Crippen molar-refractivity contribution in [3.8, 4) is 0 Å². The third-order valence-corrected chi connectivity index (χ3v) is 5.01. The lowest BCUT2D eigenvalue weighted by molar-refractivity contribution is -0.109. The number of hydrogen-bond donors (Lipinski definition) is 1. The summed E-state index contributed by atoms with van der Waals surface area (Å²) in [6.07, 6.45) is 6.04. The first kappa shape index (κ1) is 14.3. The van der Waals surface area contributed by atoms with Gasteiger partial charge in [-0.1, -0.05) is 13.8 Å². The molecule has 0 saturated carbocycles. The van der Waals surface area contributed by atoms with Crippen molar-refractivity contribution >= 4 is 0 Å². The predicted molar refractivity (Wildman–Crippen MR) is 75.9 cm³/mol. The molecule has 2 aliphatic heterocycles. The predicted octanol–water partition coefficient (Wildman–Crippen LogP) is 2.41. The van der Waals surface area contributed by atoms with Crippen molar-refractivity contribution in [2.45, 2.75) is 70.6 Å². The van der Waals surface area contributed by atoms with Gasteiger partial charge in [0.2, 0.25) is 0 Å². The third kappa shape index (κ3) is 3.25. The summed E-state index contributed by atoms with van der Waals surface area (Å²) >= 11 is 0. The van der Waals surface area contributed by atoms with Gasteiger partial charge in [-0.15, -0.1) is 0 Å². The molecule has 2 atom stereocenters. The molecule has 106 valence electrons. The van der Waals surface area contributed by atoms with Crippen LogP contribution in [0.5, 0.6) is 0 Å². The van der Waals surface area contributed by atoms with E-state index in [9.17, 15) is 0 Å². The molecule has 2 rings (SSSR count). The average Bonchev–Trinajstić information content (AvgIpc) is 2.63. The van der Waals surface area contributed by atoms with Gasteiger partial charge in [0, 0.05) is 31.8 Å². The standard InChI is InChI=1S/C15H30N2O/c1-4-15(5-2)12-14(7-11-18-15)17-9-6-13(3)16-8-10-17/h13-14,16H,4-12H2,1-3H3. The summed E-state index contributed by atoms with van der Waals surface area (Å²) in [7, 11) is 0. The fourth-order valence-electron chi connectivity index (χ4n) is 3.45. The molecule has 0 radical (unpaired) electrons. The summed E-state index contributed by atoms with van der Waals surface area (Å²) < 4.78 is 6.10. The van der Waals surface area contributed by atoms with Crippen LogP contribution in [0.15, 0.2) is 0 Å². The van der Waals surface area contributed by atoms with E-state index in [0.717, 1.165) is 32.0 Å². The van der Waals surface area contributed by atoms with Gasteiger partial charge in [0.05, 0.1) is 5.60 Å². The zero-order valence-electron chi connectivity index (χ0n) is 12.4. The number of ether oxygens (including phenoxy) is 1. The van der Waals surface area contributed by atoms with Gasteiger partial charge in [-0.2, -0.15) is 0 Å². The lowest BCUT2D eigenvalue weighted by Gasteiger charge is -2.44. The van der Waals surface area contributed by atoms with Crippen molar-refractivity contribution in [2.24, 2.45) is 0 Å². The maximum Gasteiger partial charge on any atom is 0.0692 e. The molecule has 2 fully saturated rings. The first-order valence-electron chi connectivity index (χ1n) is 7.80. The molecule has 3 heteroatoms. The zero-order chi connectivity index (χ0) is 13.0. The molecule has 0 aromatic heterocycles. The van der Waals surface area contributed by atoms with Gasteiger partial charge in [-0.05, 0) is 45.6 Å². The van der Waals surface area contributed by atoms with E-state index in [1.165, 1.54) is 32.4 Å². The fraction of sp³-hybridized carbons (Fsp3) is 1.00. The second-order valence-electron chi connectivity index (χ2n) is 6.07. The topological polar surface area (TPSA) is 24.5 Å². The maximum absolute atomic E-state index is 6.10. The Morgan fingerprint density at radius 1 is 1.22 bits per heavy atom. The van der Waals surface area contributed by atoms with Crippen molar-refractivity contribution < 1.29 is 4.74 Å². The minimum Gasteiger partial charge on any atom is -0.375 e. The summed E-state index contributed by atoms with van der Waals surface area (Å²) in [4.78, 5) is 2.71. The molecule has 0 bridgehead atoms. The highest BCUT2D eigenvalue weighted by Gasteiger charge is 2.36. The summed E-state index contributed by atoms with van der Waals surface area (Å²) in [6.45, 7) is 11.4. The van der Waals surface area contributed by atoms with Crippen LogP contribution >= 0.6 is 0 Å². The molecule has 0 aliphatic carbocycles. The number of hydrogen-bond acceptors (Lipinski definition) is 3. The van der Waals surface area contributed by atoms with Crippen LogP contribution < -0.4 is 5.32 Å². The first-order chi connectivity index (χ1) is 8.69. The van der Waals surface area contributed by atoms with Gasteiger partial charge in [0.15, 0.2) is 0 Å². The molecular formula is C15H30N2O. The molecule has 0 amide bonds. The van der Waals surface area contributed by atoms with E-state index in [0.29, 0.717) is 6.04 Å². The van der Waals surface area contributed by atoms with Crippen LogP contribution in [0.2, 0.25) is 0 Å². The Morgan fingerprint density at radius 2 is 2.00 bits per heavy atom. The van der Waals surface area contributed by atoms with Gasteiger partial charge < -0.3 is 10.1 Å². The van der Waals surface area contributed by atoms with E-state index in [4.69, 9.17) is 4.74 Å². The Balaban J connectivity index is 1.95. The van der Waals surface area contributed by atoms with Gasteiger partial charge in [-0.25, -0.2) is 0 Å². The van der Waals surface area contributed by atoms with Crippen molar-refractivity contribution in [3.63, 3.8) is 0 Å². The summed E-state index contributed by atoms with van der Waals surface area (Å²) in [5.41, 5.74) is 0.161. The molecule has 0 aromatic rings. The Morgan fingerprint density at radius 3 is 2.72 bits per heavy atom. The SMILES string of the molecule is CCC1(CC)CC(N2CCNC(C)CC2)CCO1. The second kappa shape index (κ2) is 6.36. The van der Waals surface area contributed by atoms with Crippen LogP contribution in [-0.2, 0) is 4.74 Å². The highest BCUT2D eigenvalue weighted by molar-refractivity contribution is 4.90. The van der Waals surface area contributed by atoms with Crippen molar-refractivity contribution in [1.82, 2.24) is 10.2 Å². The van der Waals surface area contributed by atoms with Crippen LogP contribution in [0.4, 0.5) is 0 Å². The Labute approximate surface area is 112 Å². The van der Waals surface area contributed by atoms with Gasteiger partial charge in [0.1, 0.15) is 0 Å². The maximum atomic E-state index is 6.10. The highest BCUT2D eigenvalue weighted by Crippen LogP contribution is 2.33. The molecule has 2 saturated heterocycles. The smallest absolute Gasteiger partial charge is 0.0692 e. The van der Waals surface area contributed by atoms with E-state index < -0.39 is 0 Å². The number of nitrogens with one attached hydrogen (secondary N) is 1. The summed E-state index contributed by atoms with van der Waals surface area (Å²) in [5.74, 6) is 0. The van der Waals surface area contributed by atoms with Crippen LogP contribution in [0.3, 0.4) is 0 Å². The van der Waals surface area contributed by atoms with E-state index in [1.807, 2.05) is 0 Å². The average molecular weight is 254 g/mol. The molecule has 2 aliphatic rings. The van der Waals surface area contributed by atoms with E-state index in [-0.39, 0.29) is 5.60 Å². The molecule has 0 spiro atoms. The van der Waals surface area contributed by atoms with Crippen LogP contribution in [0.25, 0.3) is 0 Å². The van der Waals surface area contributed by atoms with E-state index in [2.05, 4.69) is 31.0 Å². The Bertz CT molecular complexity index is 253. The summed E-state index contributed by atoms with van der Waals surface area (Å²) in [6, 6.07) is 1.42. The monoisotopic (exact) mass is 254 g/mol. The van der Waals surface area contributed by atoms with Crippen molar-refractivity contribution in [3.05, 3.63) is 0 Å². The van der Waals surface area contributed by atoms with Crippen molar-refractivity contribution in [1.29, 1.82) is 0 Å². The van der Waals surface area contributed by atoms with Gasteiger partial charge in [0.25, 0.3) is 0 Å². The minimum absolute atomic E-state index is 0.161. The Kier molecular flexibility index (Phi) is 5.05. The summed E-state index contributed by atoms with van der Waals surface area (Å²) in [5, 5.41) is 3.59. The minimum atomic E-state index is 0.161. The number of nitrogens with zero attached hydrogens (tertiary/aromatic N) is 1. The van der Waals surface area contributed by atoms with Gasteiger partial charge >= 0.3 is 0 Å². The molecule has 2 unspecified atom stereocenters. The molecule has 1 N–H and O–H groups in total.